The quantitative estimate of drug-likeness (QED) is 0.576. The van der Waals surface area contributed by atoms with Gasteiger partial charge in [-0.1, -0.05) is 44.2 Å². The van der Waals surface area contributed by atoms with Gasteiger partial charge in [0.15, 0.2) is 0 Å². The Morgan fingerprint density at radius 3 is 2.26 bits per heavy atom. The molecular formula is C18H27NO4. The molecule has 128 valence electrons. The van der Waals surface area contributed by atoms with E-state index in [1.807, 2.05) is 12.1 Å². The third kappa shape index (κ3) is 8.24. The second kappa shape index (κ2) is 11.5. The van der Waals surface area contributed by atoms with Crippen LogP contribution in [0.25, 0.3) is 0 Å². The van der Waals surface area contributed by atoms with Gasteiger partial charge in [0, 0.05) is 13.0 Å². The van der Waals surface area contributed by atoms with E-state index >= 15 is 0 Å². The Bertz CT molecular complexity index is 488. The van der Waals surface area contributed by atoms with Crippen molar-refractivity contribution in [1.29, 1.82) is 0 Å². The van der Waals surface area contributed by atoms with Gasteiger partial charge in [0.05, 0.1) is 12.7 Å². The number of benzene rings is 1. The van der Waals surface area contributed by atoms with Crippen LogP contribution in [-0.4, -0.2) is 30.6 Å². The average molecular weight is 321 g/mol. The van der Waals surface area contributed by atoms with E-state index in [9.17, 15) is 9.59 Å². The third-order valence-electron chi connectivity index (χ3n) is 3.70. The first-order valence-corrected chi connectivity index (χ1v) is 8.28. The standard InChI is InChI=1S/C18H27NO4/c1-23-16-12-9-8-11-15(16)18(22)19-14-10-6-4-2-3-5-7-13-17(20)21/h8-9,11-12H,2-7,10,13-14H2,1H3,(H,19,22)(H,20,21). The number of aliphatic carboxylic acids is 1. The van der Waals surface area contributed by atoms with Crippen LogP contribution in [0.15, 0.2) is 24.3 Å². The van der Waals surface area contributed by atoms with E-state index in [4.69, 9.17) is 9.84 Å². The minimum absolute atomic E-state index is 0.101. The van der Waals surface area contributed by atoms with E-state index in [-0.39, 0.29) is 12.3 Å². The fraction of sp³-hybridized carbons (Fsp3) is 0.556. The zero-order valence-electron chi connectivity index (χ0n) is 13.8. The Kier molecular flexibility index (Phi) is 9.52. The number of carboxylic acid groups (broad SMARTS) is 1. The van der Waals surface area contributed by atoms with Gasteiger partial charge in [0.2, 0.25) is 0 Å². The summed E-state index contributed by atoms with van der Waals surface area (Å²) in [6.45, 7) is 0.663. The van der Waals surface area contributed by atoms with E-state index in [2.05, 4.69) is 5.32 Å². The first kappa shape index (κ1) is 19.0. The predicted octanol–water partition coefficient (Wildman–Crippen LogP) is 3.63. The highest BCUT2D eigenvalue weighted by Crippen LogP contribution is 2.16. The van der Waals surface area contributed by atoms with Crippen molar-refractivity contribution < 1.29 is 19.4 Å². The van der Waals surface area contributed by atoms with Crippen molar-refractivity contribution in [3.05, 3.63) is 29.8 Å². The van der Waals surface area contributed by atoms with Crippen LogP contribution in [0, 0.1) is 0 Å². The summed E-state index contributed by atoms with van der Waals surface area (Å²) in [5, 5.41) is 11.4. The molecule has 0 unspecified atom stereocenters. The minimum atomic E-state index is -0.712. The van der Waals surface area contributed by atoms with Crippen LogP contribution in [-0.2, 0) is 4.79 Å². The predicted molar refractivity (Wildman–Crippen MR) is 89.9 cm³/mol. The summed E-state index contributed by atoms with van der Waals surface area (Å²) >= 11 is 0. The minimum Gasteiger partial charge on any atom is -0.496 e. The number of ether oxygens (including phenoxy) is 1. The van der Waals surface area contributed by atoms with Crippen molar-refractivity contribution in [3.8, 4) is 5.75 Å². The molecule has 1 aromatic rings. The van der Waals surface area contributed by atoms with Crippen LogP contribution < -0.4 is 10.1 Å². The number of unbranched alkanes of at least 4 members (excludes halogenated alkanes) is 6. The molecule has 23 heavy (non-hydrogen) atoms. The summed E-state index contributed by atoms with van der Waals surface area (Å²) in [5.41, 5.74) is 0.563. The molecule has 5 heteroatoms. The van der Waals surface area contributed by atoms with Crippen LogP contribution in [0.5, 0.6) is 5.75 Å². The van der Waals surface area contributed by atoms with Crippen molar-refractivity contribution in [2.45, 2.75) is 51.4 Å². The highest BCUT2D eigenvalue weighted by molar-refractivity contribution is 5.96. The van der Waals surface area contributed by atoms with Gasteiger partial charge >= 0.3 is 5.97 Å². The normalized spacial score (nSPS) is 10.3. The van der Waals surface area contributed by atoms with E-state index in [1.165, 1.54) is 0 Å². The molecule has 0 aliphatic rings. The lowest BCUT2D eigenvalue weighted by atomic mass is 10.1. The van der Waals surface area contributed by atoms with Crippen molar-refractivity contribution in [2.75, 3.05) is 13.7 Å². The van der Waals surface area contributed by atoms with Crippen LogP contribution in [0.1, 0.15) is 61.7 Å². The highest BCUT2D eigenvalue weighted by atomic mass is 16.5. The van der Waals surface area contributed by atoms with Gasteiger partial charge in [-0.2, -0.15) is 0 Å². The molecule has 0 aliphatic carbocycles. The van der Waals surface area contributed by atoms with Crippen molar-refractivity contribution in [2.24, 2.45) is 0 Å². The molecule has 1 rings (SSSR count). The Morgan fingerprint density at radius 2 is 1.61 bits per heavy atom. The monoisotopic (exact) mass is 321 g/mol. The molecule has 0 atom stereocenters. The number of hydrogen-bond donors (Lipinski definition) is 2. The van der Waals surface area contributed by atoms with E-state index in [0.29, 0.717) is 17.9 Å². The number of carbonyl (C=O) groups is 2. The zero-order chi connectivity index (χ0) is 16.9. The summed E-state index contributed by atoms with van der Waals surface area (Å²) in [7, 11) is 1.56. The fourth-order valence-corrected chi connectivity index (χ4v) is 2.41. The lowest BCUT2D eigenvalue weighted by Gasteiger charge is -2.09. The largest absolute Gasteiger partial charge is 0.496 e. The molecule has 1 aromatic carbocycles. The molecule has 0 aromatic heterocycles. The number of amides is 1. The second-order valence-corrected chi connectivity index (χ2v) is 5.57. The number of carbonyl (C=O) groups excluding carboxylic acids is 1. The van der Waals surface area contributed by atoms with Gasteiger partial charge in [-0.05, 0) is 25.0 Å². The van der Waals surface area contributed by atoms with Crippen LogP contribution in [0.3, 0.4) is 0 Å². The molecule has 2 N–H and O–H groups in total. The number of rotatable bonds is 12. The van der Waals surface area contributed by atoms with E-state index < -0.39 is 5.97 Å². The summed E-state index contributed by atoms with van der Waals surface area (Å²) in [6.07, 6.45) is 7.38. The number of methoxy groups -OCH3 is 1. The molecular weight excluding hydrogens is 294 g/mol. The molecule has 0 saturated carbocycles. The summed E-state index contributed by atoms with van der Waals surface area (Å²) in [6, 6.07) is 7.19. The molecule has 0 heterocycles. The Balaban J connectivity index is 2.04. The first-order chi connectivity index (χ1) is 11.1. The van der Waals surface area contributed by atoms with Crippen LogP contribution >= 0.6 is 0 Å². The smallest absolute Gasteiger partial charge is 0.303 e. The van der Waals surface area contributed by atoms with Gasteiger partial charge in [0.1, 0.15) is 5.75 Å². The van der Waals surface area contributed by atoms with Crippen molar-refractivity contribution in [1.82, 2.24) is 5.32 Å². The maximum atomic E-state index is 12.0. The van der Waals surface area contributed by atoms with Gasteiger partial charge in [0.25, 0.3) is 5.91 Å². The second-order valence-electron chi connectivity index (χ2n) is 5.57. The summed E-state index contributed by atoms with van der Waals surface area (Å²) < 4.78 is 5.18. The van der Waals surface area contributed by atoms with Crippen LogP contribution in [0.2, 0.25) is 0 Å². The maximum absolute atomic E-state index is 12.0. The molecule has 5 nitrogen and oxygen atoms in total. The van der Waals surface area contributed by atoms with Gasteiger partial charge in [-0.15, -0.1) is 0 Å². The zero-order valence-corrected chi connectivity index (χ0v) is 13.8. The van der Waals surface area contributed by atoms with Crippen molar-refractivity contribution in [3.63, 3.8) is 0 Å². The SMILES string of the molecule is COc1ccccc1C(=O)NCCCCCCCCCC(=O)O. The number of carboxylic acids is 1. The number of para-hydroxylation sites is 1. The molecule has 0 saturated heterocycles. The third-order valence-corrected chi connectivity index (χ3v) is 3.70. The topological polar surface area (TPSA) is 75.6 Å². The fourth-order valence-electron chi connectivity index (χ4n) is 2.41. The molecule has 0 fully saturated rings. The van der Waals surface area contributed by atoms with E-state index in [0.717, 1.165) is 44.9 Å². The maximum Gasteiger partial charge on any atom is 0.303 e. The Labute approximate surface area is 138 Å². The van der Waals surface area contributed by atoms with Gasteiger partial charge in [-0.25, -0.2) is 0 Å². The summed E-state index contributed by atoms with van der Waals surface area (Å²) in [5.74, 6) is -0.224. The molecule has 0 radical (unpaired) electrons. The Morgan fingerprint density at radius 1 is 1.00 bits per heavy atom. The van der Waals surface area contributed by atoms with E-state index in [1.54, 1.807) is 19.2 Å². The molecule has 0 aliphatic heterocycles. The molecule has 0 spiro atoms. The van der Waals surface area contributed by atoms with Gasteiger partial charge in [-0.3, -0.25) is 9.59 Å². The number of hydrogen-bond acceptors (Lipinski definition) is 3. The highest BCUT2D eigenvalue weighted by Gasteiger charge is 2.10. The lowest BCUT2D eigenvalue weighted by Crippen LogP contribution is -2.24. The summed E-state index contributed by atoms with van der Waals surface area (Å²) in [4.78, 5) is 22.4. The van der Waals surface area contributed by atoms with Gasteiger partial charge < -0.3 is 15.2 Å². The lowest BCUT2D eigenvalue weighted by molar-refractivity contribution is -0.137. The Hall–Kier alpha value is -2.04. The molecule has 1 amide bonds. The first-order valence-electron chi connectivity index (χ1n) is 8.28. The van der Waals surface area contributed by atoms with Crippen molar-refractivity contribution >= 4 is 11.9 Å². The molecule has 0 bridgehead atoms. The van der Waals surface area contributed by atoms with Crippen LogP contribution in [0.4, 0.5) is 0 Å². The number of nitrogens with one attached hydrogen (secondary N) is 1. The average Bonchev–Trinajstić information content (AvgIpc) is 2.56.